The fourth-order valence-electron chi connectivity index (χ4n) is 1.22. The lowest BCUT2D eigenvalue weighted by molar-refractivity contribution is -0.143. The van der Waals surface area contributed by atoms with E-state index in [9.17, 15) is 35.9 Å². The molecule has 0 fully saturated rings. The number of carbonyl (C=O) groups is 2. The van der Waals surface area contributed by atoms with E-state index in [0.717, 1.165) is 0 Å². The molecule has 0 aliphatic carbocycles. The first-order valence-corrected chi connectivity index (χ1v) is 4.81. The molecule has 0 unspecified atom stereocenters. The number of benzene rings is 1. The standard InChI is InChI=1S/C10H6F6N2O2/c11-9(12,13)4-1-5(10(14,15)16)3-6(2-4)18-8(20)7(17)19/h1-3H,(H2,17,19)(H,18,20). The molecule has 4 nitrogen and oxygen atoms in total. The second kappa shape index (κ2) is 5.02. The van der Waals surface area contributed by atoms with Crippen LogP contribution in [-0.4, -0.2) is 11.8 Å². The first kappa shape index (κ1) is 15.8. The fourth-order valence-corrected chi connectivity index (χ4v) is 1.22. The van der Waals surface area contributed by atoms with Gasteiger partial charge in [0.05, 0.1) is 11.1 Å². The van der Waals surface area contributed by atoms with Crippen LogP contribution >= 0.6 is 0 Å². The number of hydrogen-bond acceptors (Lipinski definition) is 2. The Morgan fingerprint density at radius 3 is 1.60 bits per heavy atom. The molecule has 10 heteroatoms. The maximum absolute atomic E-state index is 12.5. The summed E-state index contributed by atoms with van der Waals surface area (Å²) in [6, 6.07) is 0.409. The predicted octanol–water partition coefficient (Wildman–Crippen LogP) is 2.15. The normalized spacial score (nSPS) is 12.1. The van der Waals surface area contributed by atoms with Crippen molar-refractivity contribution in [2.24, 2.45) is 5.73 Å². The highest BCUT2D eigenvalue weighted by atomic mass is 19.4. The number of rotatable bonds is 1. The molecule has 0 saturated heterocycles. The van der Waals surface area contributed by atoms with Crippen LogP contribution in [0.1, 0.15) is 11.1 Å². The van der Waals surface area contributed by atoms with E-state index in [2.05, 4.69) is 5.73 Å². The Labute approximate surface area is 107 Å². The van der Waals surface area contributed by atoms with Gasteiger partial charge in [0, 0.05) is 5.69 Å². The Bertz CT molecular complexity index is 517. The second-order valence-corrected chi connectivity index (χ2v) is 3.61. The predicted molar refractivity (Wildman–Crippen MR) is 54.3 cm³/mol. The van der Waals surface area contributed by atoms with Crippen LogP contribution in [0.5, 0.6) is 0 Å². The Morgan fingerprint density at radius 2 is 1.30 bits per heavy atom. The summed E-state index contributed by atoms with van der Waals surface area (Å²) in [5, 5.41) is 1.55. The summed E-state index contributed by atoms with van der Waals surface area (Å²) < 4.78 is 74.8. The zero-order valence-corrected chi connectivity index (χ0v) is 9.39. The number of primary amides is 1. The highest BCUT2D eigenvalue weighted by Gasteiger charge is 2.37. The number of hydrogen-bond donors (Lipinski definition) is 2. The van der Waals surface area contributed by atoms with Gasteiger partial charge in [0.1, 0.15) is 0 Å². The van der Waals surface area contributed by atoms with Crippen molar-refractivity contribution in [3.63, 3.8) is 0 Å². The highest BCUT2D eigenvalue weighted by Crippen LogP contribution is 2.37. The minimum Gasteiger partial charge on any atom is -0.361 e. The van der Waals surface area contributed by atoms with Gasteiger partial charge in [-0.05, 0) is 18.2 Å². The van der Waals surface area contributed by atoms with E-state index in [1.165, 1.54) is 0 Å². The van der Waals surface area contributed by atoms with Gasteiger partial charge in [0.15, 0.2) is 0 Å². The maximum Gasteiger partial charge on any atom is 0.416 e. The number of nitrogens with one attached hydrogen (secondary N) is 1. The van der Waals surface area contributed by atoms with Gasteiger partial charge < -0.3 is 11.1 Å². The molecule has 0 aliphatic heterocycles. The average Bonchev–Trinajstić information content (AvgIpc) is 2.26. The molecule has 3 N–H and O–H groups in total. The van der Waals surface area contributed by atoms with Gasteiger partial charge in [0.25, 0.3) is 0 Å². The molecule has 0 atom stereocenters. The first-order chi connectivity index (χ1) is 8.91. The molecule has 0 radical (unpaired) electrons. The SMILES string of the molecule is NC(=O)C(=O)Nc1cc(C(F)(F)F)cc(C(F)(F)F)c1. The number of alkyl halides is 6. The van der Waals surface area contributed by atoms with Crippen molar-refractivity contribution >= 4 is 17.5 Å². The van der Waals surface area contributed by atoms with Gasteiger partial charge >= 0.3 is 24.2 Å². The molecule has 110 valence electrons. The molecule has 1 aromatic rings. The van der Waals surface area contributed by atoms with E-state index in [1.54, 1.807) is 5.32 Å². The third-order valence-electron chi connectivity index (χ3n) is 2.07. The fraction of sp³-hybridized carbons (Fsp3) is 0.200. The molecule has 0 spiro atoms. The topological polar surface area (TPSA) is 72.2 Å². The molecule has 20 heavy (non-hydrogen) atoms. The van der Waals surface area contributed by atoms with Crippen LogP contribution in [0.15, 0.2) is 18.2 Å². The van der Waals surface area contributed by atoms with Crippen molar-refractivity contribution in [3.8, 4) is 0 Å². The lowest BCUT2D eigenvalue weighted by Gasteiger charge is -2.14. The van der Waals surface area contributed by atoms with Gasteiger partial charge in [-0.2, -0.15) is 26.3 Å². The van der Waals surface area contributed by atoms with Gasteiger partial charge in [0.2, 0.25) is 0 Å². The molecule has 1 rings (SSSR count). The van der Waals surface area contributed by atoms with E-state index in [-0.39, 0.29) is 18.2 Å². The minimum atomic E-state index is -5.05. The molecular formula is C10H6F6N2O2. The minimum absolute atomic E-state index is 0.111. The third-order valence-corrected chi connectivity index (χ3v) is 2.07. The lowest BCUT2D eigenvalue weighted by Crippen LogP contribution is -2.29. The number of amides is 2. The van der Waals surface area contributed by atoms with Crippen LogP contribution in [-0.2, 0) is 21.9 Å². The average molecular weight is 300 g/mol. The molecular weight excluding hydrogens is 294 g/mol. The van der Waals surface area contributed by atoms with E-state index in [4.69, 9.17) is 0 Å². The zero-order chi connectivity index (χ0) is 15.7. The number of carbonyl (C=O) groups excluding carboxylic acids is 2. The van der Waals surface area contributed by atoms with Crippen molar-refractivity contribution in [1.82, 2.24) is 0 Å². The van der Waals surface area contributed by atoms with Gasteiger partial charge in [-0.15, -0.1) is 0 Å². The first-order valence-electron chi connectivity index (χ1n) is 4.81. The number of anilines is 1. The molecule has 0 saturated carbocycles. The van der Waals surface area contributed by atoms with Crippen molar-refractivity contribution in [1.29, 1.82) is 0 Å². The van der Waals surface area contributed by atoms with Crippen molar-refractivity contribution < 1.29 is 35.9 Å². The largest absolute Gasteiger partial charge is 0.416 e. The number of halogens is 6. The smallest absolute Gasteiger partial charge is 0.361 e. The van der Waals surface area contributed by atoms with Crippen LogP contribution in [0.25, 0.3) is 0 Å². The summed E-state index contributed by atoms with van der Waals surface area (Å²) in [6.45, 7) is 0. The molecule has 0 aliphatic rings. The van der Waals surface area contributed by atoms with E-state index in [0.29, 0.717) is 0 Å². The van der Waals surface area contributed by atoms with E-state index < -0.39 is 41.0 Å². The van der Waals surface area contributed by atoms with Gasteiger partial charge in [-0.1, -0.05) is 0 Å². The summed E-state index contributed by atoms with van der Waals surface area (Å²) in [4.78, 5) is 21.3. The van der Waals surface area contributed by atoms with Crippen LogP contribution in [0.4, 0.5) is 32.0 Å². The molecule has 0 aromatic heterocycles. The maximum atomic E-state index is 12.5. The zero-order valence-electron chi connectivity index (χ0n) is 9.39. The molecule has 2 amide bonds. The summed E-state index contributed by atoms with van der Waals surface area (Å²) >= 11 is 0. The lowest BCUT2D eigenvalue weighted by atomic mass is 10.1. The Hall–Kier alpha value is -2.26. The quantitative estimate of drug-likeness (QED) is 0.616. The summed E-state index contributed by atoms with van der Waals surface area (Å²) in [5.74, 6) is -3.08. The van der Waals surface area contributed by atoms with E-state index in [1.807, 2.05) is 0 Å². The van der Waals surface area contributed by atoms with Gasteiger partial charge in [-0.25, -0.2) is 0 Å². The van der Waals surface area contributed by atoms with Crippen LogP contribution in [0, 0.1) is 0 Å². The van der Waals surface area contributed by atoms with E-state index >= 15 is 0 Å². The van der Waals surface area contributed by atoms with Crippen molar-refractivity contribution in [2.45, 2.75) is 12.4 Å². The second-order valence-electron chi connectivity index (χ2n) is 3.61. The Kier molecular flexibility index (Phi) is 3.97. The summed E-state index contributed by atoms with van der Waals surface area (Å²) in [5.41, 5.74) is 0.462. The molecule has 1 aromatic carbocycles. The third kappa shape index (κ3) is 3.87. The molecule has 0 bridgehead atoms. The molecule has 0 heterocycles. The van der Waals surface area contributed by atoms with Crippen molar-refractivity contribution in [2.75, 3.05) is 5.32 Å². The Balaban J connectivity index is 3.31. The number of nitrogens with two attached hydrogens (primary N) is 1. The van der Waals surface area contributed by atoms with Crippen LogP contribution < -0.4 is 11.1 Å². The van der Waals surface area contributed by atoms with Crippen molar-refractivity contribution in [3.05, 3.63) is 29.3 Å². The summed E-state index contributed by atoms with van der Waals surface area (Å²) in [6.07, 6.45) is -10.1. The van der Waals surface area contributed by atoms with Crippen LogP contribution in [0.2, 0.25) is 0 Å². The monoisotopic (exact) mass is 300 g/mol. The highest BCUT2D eigenvalue weighted by molar-refractivity contribution is 6.39. The Morgan fingerprint density at radius 1 is 0.900 bits per heavy atom. The van der Waals surface area contributed by atoms with Crippen LogP contribution in [0.3, 0.4) is 0 Å². The summed E-state index contributed by atoms with van der Waals surface area (Å²) in [7, 11) is 0. The van der Waals surface area contributed by atoms with Gasteiger partial charge in [-0.3, -0.25) is 9.59 Å².